The van der Waals surface area contributed by atoms with Gasteiger partial charge in [0.05, 0.1) is 5.69 Å². The molecule has 4 nitrogen and oxygen atoms in total. The smallest absolute Gasteiger partial charge is 0.0656 e. The molecule has 0 radical (unpaired) electrons. The van der Waals surface area contributed by atoms with E-state index in [0.29, 0.717) is 12.3 Å². The van der Waals surface area contributed by atoms with Crippen molar-refractivity contribution >= 4 is 0 Å². The summed E-state index contributed by atoms with van der Waals surface area (Å²) < 4.78 is 0. The number of nitrogens with one attached hydrogen (secondary N) is 2. The molecule has 78 valence electrons. The summed E-state index contributed by atoms with van der Waals surface area (Å²) in [6.07, 6.45) is 3.02. The number of hydrogen-bond donors (Lipinski definition) is 3. The summed E-state index contributed by atoms with van der Waals surface area (Å²) in [6.45, 7) is 2.37. The van der Waals surface area contributed by atoms with E-state index in [2.05, 4.69) is 21.6 Å². The number of piperidine rings is 1. The highest BCUT2D eigenvalue weighted by molar-refractivity contribution is 5.14. The van der Waals surface area contributed by atoms with Gasteiger partial charge in [0.1, 0.15) is 0 Å². The highest BCUT2D eigenvalue weighted by Gasteiger charge is 2.17. The maximum absolute atomic E-state index is 8.78. The average Bonchev–Trinajstić information content (AvgIpc) is 2.68. The Hall–Kier alpha value is -0.870. The Morgan fingerprint density at radius 3 is 2.93 bits per heavy atom. The van der Waals surface area contributed by atoms with Gasteiger partial charge in [-0.2, -0.15) is 5.10 Å². The molecule has 1 aromatic heterocycles. The first kappa shape index (κ1) is 9.68. The molecule has 4 heteroatoms. The fourth-order valence-corrected chi connectivity index (χ4v) is 1.95. The van der Waals surface area contributed by atoms with Gasteiger partial charge >= 0.3 is 0 Å². The second-order valence-corrected chi connectivity index (χ2v) is 3.82. The van der Waals surface area contributed by atoms with Crippen LogP contribution in [-0.2, 0) is 6.42 Å². The summed E-state index contributed by atoms with van der Waals surface area (Å²) in [5, 5.41) is 19.4. The summed E-state index contributed by atoms with van der Waals surface area (Å²) in [6, 6.07) is 2.09. The molecule has 0 amide bonds. The molecule has 14 heavy (non-hydrogen) atoms. The average molecular weight is 195 g/mol. The van der Waals surface area contributed by atoms with Crippen molar-refractivity contribution in [2.45, 2.75) is 25.2 Å². The fraction of sp³-hybridized carbons (Fsp3) is 0.700. The van der Waals surface area contributed by atoms with Crippen LogP contribution in [0.5, 0.6) is 0 Å². The predicted octanol–water partition coefficient (Wildman–Crippen LogP) is 0.411. The van der Waals surface area contributed by atoms with Gasteiger partial charge in [-0.3, -0.25) is 5.10 Å². The predicted molar refractivity (Wildman–Crippen MR) is 54.2 cm³/mol. The molecule has 0 atom stereocenters. The first-order valence-corrected chi connectivity index (χ1v) is 5.26. The van der Waals surface area contributed by atoms with Gasteiger partial charge in [0.25, 0.3) is 0 Å². The Bertz CT molecular complexity index is 279. The van der Waals surface area contributed by atoms with Crippen LogP contribution in [0.1, 0.15) is 30.1 Å². The van der Waals surface area contributed by atoms with Gasteiger partial charge in [-0.05, 0) is 32.0 Å². The normalized spacial score (nSPS) is 18.6. The van der Waals surface area contributed by atoms with E-state index in [1.54, 1.807) is 0 Å². The summed E-state index contributed by atoms with van der Waals surface area (Å²) in [4.78, 5) is 0. The van der Waals surface area contributed by atoms with Crippen molar-refractivity contribution in [2.24, 2.45) is 0 Å². The number of H-pyrrole nitrogens is 1. The number of rotatable bonds is 3. The fourth-order valence-electron chi connectivity index (χ4n) is 1.95. The summed E-state index contributed by atoms with van der Waals surface area (Å²) >= 11 is 0. The molecule has 1 aromatic rings. The van der Waals surface area contributed by atoms with E-state index in [4.69, 9.17) is 5.11 Å². The minimum Gasteiger partial charge on any atom is -0.396 e. The van der Waals surface area contributed by atoms with E-state index < -0.39 is 0 Å². The summed E-state index contributed by atoms with van der Waals surface area (Å²) in [7, 11) is 0. The van der Waals surface area contributed by atoms with Crippen LogP contribution in [0.2, 0.25) is 0 Å². The Labute approximate surface area is 83.7 Å². The lowest BCUT2D eigenvalue weighted by molar-refractivity contribution is 0.298. The van der Waals surface area contributed by atoms with Crippen LogP contribution >= 0.6 is 0 Å². The molecular formula is C10H17N3O. The van der Waals surface area contributed by atoms with Crippen molar-refractivity contribution in [1.29, 1.82) is 0 Å². The quantitative estimate of drug-likeness (QED) is 0.654. The van der Waals surface area contributed by atoms with Crippen LogP contribution in [0.15, 0.2) is 6.07 Å². The number of aromatic nitrogens is 2. The molecular weight excluding hydrogens is 178 g/mol. The summed E-state index contributed by atoms with van der Waals surface area (Å²) in [5.41, 5.74) is 2.20. The minimum atomic E-state index is 0.188. The standard InChI is InChI=1S/C10H17N3O/c14-6-3-9-7-10(13-12-9)8-1-4-11-5-2-8/h7-8,11,14H,1-6H2,(H,12,13). The SMILES string of the molecule is OCCc1cc(C2CCNCC2)n[nH]1. The zero-order valence-corrected chi connectivity index (χ0v) is 8.29. The molecule has 0 bridgehead atoms. The second kappa shape index (κ2) is 4.57. The zero-order chi connectivity index (χ0) is 9.80. The van der Waals surface area contributed by atoms with Gasteiger partial charge in [-0.25, -0.2) is 0 Å². The van der Waals surface area contributed by atoms with E-state index in [-0.39, 0.29) is 6.61 Å². The topological polar surface area (TPSA) is 60.9 Å². The van der Waals surface area contributed by atoms with Crippen LogP contribution in [-0.4, -0.2) is 35.0 Å². The number of aliphatic hydroxyl groups excluding tert-OH is 1. The van der Waals surface area contributed by atoms with E-state index in [0.717, 1.165) is 24.5 Å². The molecule has 0 aliphatic carbocycles. The Balaban J connectivity index is 2.00. The highest BCUT2D eigenvalue weighted by Crippen LogP contribution is 2.23. The second-order valence-electron chi connectivity index (χ2n) is 3.82. The van der Waals surface area contributed by atoms with E-state index in [1.807, 2.05) is 0 Å². The largest absolute Gasteiger partial charge is 0.396 e. The van der Waals surface area contributed by atoms with E-state index in [1.165, 1.54) is 12.8 Å². The van der Waals surface area contributed by atoms with Crippen molar-refractivity contribution in [2.75, 3.05) is 19.7 Å². The Kier molecular flexibility index (Phi) is 3.16. The van der Waals surface area contributed by atoms with E-state index in [9.17, 15) is 0 Å². The van der Waals surface area contributed by atoms with Crippen molar-refractivity contribution in [3.8, 4) is 0 Å². The van der Waals surface area contributed by atoms with Crippen molar-refractivity contribution in [3.63, 3.8) is 0 Å². The number of nitrogens with zero attached hydrogens (tertiary/aromatic N) is 1. The van der Waals surface area contributed by atoms with Gasteiger partial charge in [0.2, 0.25) is 0 Å². The third-order valence-corrected chi connectivity index (χ3v) is 2.79. The van der Waals surface area contributed by atoms with Gasteiger partial charge in [0, 0.05) is 24.6 Å². The third kappa shape index (κ3) is 2.13. The monoisotopic (exact) mass is 195 g/mol. The number of aliphatic hydroxyl groups is 1. The van der Waals surface area contributed by atoms with Crippen LogP contribution in [0.25, 0.3) is 0 Å². The first-order chi connectivity index (χ1) is 6.90. The molecule has 2 heterocycles. The van der Waals surface area contributed by atoms with Crippen molar-refractivity contribution in [3.05, 3.63) is 17.5 Å². The van der Waals surface area contributed by atoms with Gasteiger partial charge in [0.15, 0.2) is 0 Å². The van der Waals surface area contributed by atoms with Crippen molar-refractivity contribution in [1.82, 2.24) is 15.5 Å². The van der Waals surface area contributed by atoms with Gasteiger partial charge in [-0.1, -0.05) is 0 Å². The summed E-state index contributed by atoms with van der Waals surface area (Å²) in [5.74, 6) is 0.597. The Morgan fingerprint density at radius 1 is 1.43 bits per heavy atom. The first-order valence-electron chi connectivity index (χ1n) is 5.26. The van der Waals surface area contributed by atoms with Crippen LogP contribution < -0.4 is 5.32 Å². The van der Waals surface area contributed by atoms with Crippen LogP contribution in [0.3, 0.4) is 0 Å². The molecule has 0 spiro atoms. The molecule has 3 N–H and O–H groups in total. The molecule has 1 saturated heterocycles. The molecule has 0 unspecified atom stereocenters. The molecule has 0 aromatic carbocycles. The number of hydrogen-bond acceptors (Lipinski definition) is 3. The molecule has 1 fully saturated rings. The molecule has 0 saturated carbocycles. The Morgan fingerprint density at radius 2 is 2.21 bits per heavy atom. The van der Waals surface area contributed by atoms with Crippen LogP contribution in [0.4, 0.5) is 0 Å². The maximum Gasteiger partial charge on any atom is 0.0656 e. The van der Waals surface area contributed by atoms with Crippen LogP contribution in [0, 0.1) is 0 Å². The number of aromatic amines is 1. The lowest BCUT2D eigenvalue weighted by atomic mass is 9.94. The van der Waals surface area contributed by atoms with Gasteiger partial charge < -0.3 is 10.4 Å². The lowest BCUT2D eigenvalue weighted by Gasteiger charge is -2.20. The third-order valence-electron chi connectivity index (χ3n) is 2.79. The van der Waals surface area contributed by atoms with Gasteiger partial charge in [-0.15, -0.1) is 0 Å². The lowest BCUT2D eigenvalue weighted by Crippen LogP contribution is -2.26. The highest BCUT2D eigenvalue weighted by atomic mass is 16.3. The van der Waals surface area contributed by atoms with Crippen molar-refractivity contribution < 1.29 is 5.11 Å². The maximum atomic E-state index is 8.78. The molecule has 1 aliphatic rings. The van der Waals surface area contributed by atoms with E-state index >= 15 is 0 Å². The molecule has 2 rings (SSSR count). The minimum absolute atomic E-state index is 0.188. The zero-order valence-electron chi connectivity index (χ0n) is 8.29. The molecule has 1 aliphatic heterocycles.